The third-order valence-electron chi connectivity index (χ3n) is 4.65. The van der Waals surface area contributed by atoms with Gasteiger partial charge in [-0.15, -0.1) is 0 Å². The molecule has 0 amide bonds. The predicted molar refractivity (Wildman–Crippen MR) is 65.2 cm³/mol. The Hall–Kier alpha value is -0.0800. The van der Waals surface area contributed by atoms with E-state index in [4.69, 9.17) is 0 Å². The van der Waals surface area contributed by atoms with E-state index >= 15 is 0 Å². The molecule has 0 saturated carbocycles. The van der Waals surface area contributed by atoms with E-state index in [1.807, 2.05) is 0 Å². The highest BCUT2D eigenvalue weighted by Crippen LogP contribution is 2.36. The van der Waals surface area contributed by atoms with Crippen LogP contribution in [0.4, 0.5) is 0 Å². The second-order valence-electron chi connectivity index (χ2n) is 5.73. The van der Waals surface area contributed by atoms with Gasteiger partial charge in [0.2, 0.25) is 0 Å². The second kappa shape index (κ2) is 4.42. The molecule has 0 N–H and O–H groups in total. The van der Waals surface area contributed by atoms with Gasteiger partial charge in [0.25, 0.3) is 0 Å². The quantitative estimate of drug-likeness (QED) is 0.655. The highest BCUT2D eigenvalue weighted by atomic mass is 15.2. The minimum atomic E-state index is 0.573. The third kappa shape index (κ3) is 2.21. The first kappa shape index (κ1) is 11.4. The number of likely N-dealkylation sites (tertiary alicyclic amines) is 2. The van der Waals surface area contributed by atoms with E-state index < -0.39 is 0 Å². The van der Waals surface area contributed by atoms with Crippen molar-refractivity contribution in [2.24, 2.45) is 0 Å². The molecule has 0 atom stereocenters. The van der Waals surface area contributed by atoms with Crippen molar-refractivity contribution >= 4 is 0 Å². The number of hydrogen-bond donors (Lipinski definition) is 0. The van der Waals surface area contributed by atoms with E-state index in [1.54, 1.807) is 0 Å². The Morgan fingerprint density at radius 1 is 0.933 bits per heavy atom. The summed E-state index contributed by atoms with van der Waals surface area (Å²) >= 11 is 0. The third-order valence-corrected chi connectivity index (χ3v) is 4.65. The van der Waals surface area contributed by atoms with Gasteiger partial charge in [-0.1, -0.05) is 6.42 Å². The molecule has 0 aliphatic carbocycles. The highest BCUT2D eigenvalue weighted by molar-refractivity contribution is 4.96. The summed E-state index contributed by atoms with van der Waals surface area (Å²) in [6.07, 6.45) is 7.08. The first-order chi connectivity index (χ1) is 7.14. The largest absolute Gasteiger partial charge is 0.301 e. The average Bonchev–Trinajstić information content (AvgIpc) is 2.23. The van der Waals surface area contributed by atoms with Gasteiger partial charge in [-0.3, -0.25) is 0 Å². The first-order valence-corrected chi connectivity index (χ1v) is 6.59. The Bertz CT molecular complexity index is 205. The van der Waals surface area contributed by atoms with Crippen molar-refractivity contribution in [2.45, 2.75) is 57.5 Å². The molecule has 0 aromatic heterocycles. The maximum Gasteiger partial charge on any atom is 0.0230 e. The fourth-order valence-electron chi connectivity index (χ4n) is 3.32. The van der Waals surface area contributed by atoms with Crippen LogP contribution in [0.25, 0.3) is 0 Å². The standard InChI is InChI=1S/C13H26N2/c1-12(2)15-10-7-13(8-11-15)6-4-5-9-14(13)3/h12H,4-11H2,1-3H3. The maximum absolute atomic E-state index is 2.65. The molecule has 2 rings (SSSR count). The summed E-state index contributed by atoms with van der Waals surface area (Å²) in [6.45, 7) is 8.58. The van der Waals surface area contributed by atoms with Crippen LogP contribution in [-0.2, 0) is 0 Å². The van der Waals surface area contributed by atoms with Crippen LogP contribution >= 0.6 is 0 Å². The topological polar surface area (TPSA) is 6.48 Å². The maximum atomic E-state index is 2.65. The fraction of sp³-hybridized carbons (Fsp3) is 1.00. The van der Waals surface area contributed by atoms with E-state index in [1.165, 1.54) is 51.7 Å². The zero-order valence-electron chi connectivity index (χ0n) is 10.6. The van der Waals surface area contributed by atoms with Crippen molar-refractivity contribution in [3.05, 3.63) is 0 Å². The first-order valence-electron chi connectivity index (χ1n) is 6.59. The van der Waals surface area contributed by atoms with Crippen molar-refractivity contribution < 1.29 is 0 Å². The summed E-state index contributed by atoms with van der Waals surface area (Å²) in [5, 5.41) is 0. The van der Waals surface area contributed by atoms with Crippen LogP contribution < -0.4 is 0 Å². The lowest BCUT2D eigenvalue weighted by Gasteiger charge is -2.51. The highest BCUT2D eigenvalue weighted by Gasteiger charge is 2.39. The minimum Gasteiger partial charge on any atom is -0.301 e. The molecule has 0 aromatic rings. The van der Waals surface area contributed by atoms with Gasteiger partial charge < -0.3 is 9.80 Å². The Kier molecular flexibility index (Phi) is 3.36. The summed E-state index contributed by atoms with van der Waals surface area (Å²) in [5.74, 6) is 0. The predicted octanol–water partition coefficient (Wildman–Crippen LogP) is 2.35. The average molecular weight is 210 g/mol. The van der Waals surface area contributed by atoms with E-state index in [0.717, 1.165) is 6.04 Å². The Morgan fingerprint density at radius 3 is 2.13 bits per heavy atom. The van der Waals surface area contributed by atoms with Crippen LogP contribution in [0.15, 0.2) is 0 Å². The summed E-state index contributed by atoms with van der Waals surface area (Å²) in [5.41, 5.74) is 0.573. The molecule has 2 saturated heterocycles. The van der Waals surface area contributed by atoms with Crippen molar-refractivity contribution in [3.8, 4) is 0 Å². The van der Waals surface area contributed by atoms with Crippen molar-refractivity contribution in [1.82, 2.24) is 9.80 Å². The summed E-state index contributed by atoms with van der Waals surface area (Å²) < 4.78 is 0. The lowest BCUT2D eigenvalue weighted by Crippen LogP contribution is -2.56. The second-order valence-corrected chi connectivity index (χ2v) is 5.73. The van der Waals surface area contributed by atoms with Crippen LogP contribution in [0.5, 0.6) is 0 Å². The molecule has 0 bridgehead atoms. The zero-order valence-corrected chi connectivity index (χ0v) is 10.6. The number of hydrogen-bond acceptors (Lipinski definition) is 2. The molecule has 2 fully saturated rings. The van der Waals surface area contributed by atoms with Crippen molar-refractivity contribution in [3.63, 3.8) is 0 Å². The van der Waals surface area contributed by atoms with E-state index in [0.29, 0.717) is 5.54 Å². The van der Waals surface area contributed by atoms with Crippen molar-refractivity contribution in [1.29, 1.82) is 0 Å². The van der Waals surface area contributed by atoms with Crippen LogP contribution in [0.2, 0.25) is 0 Å². The molecule has 2 aliphatic rings. The lowest BCUT2D eigenvalue weighted by molar-refractivity contribution is 0.00251. The van der Waals surface area contributed by atoms with Gasteiger partial charge in [0, 0.05) is 24.7 Å². The molecule has 15 heavy (non-hydrogen) atoms. The molecule has 88 valence electrons. The minimum absolute atomic E-state index is 0.573. The fourth-order valence-corrected chi connectivity index (χ4v) is 3.32. The van der Waals surface area contributed by atoms with Gasteiger partial charge in [0.05, 0.1) is 0 Å². The zero-order chi connectivity index (χ0) is 10.9. The monoisotopic (exact) mass is 210 g/mol. The normalized spacial score (nSPS) is 28.8. The molecule has 2 heterocycles. The van der Waals surface area contributed by atoms with Crippen LogP contribution in [0, 0.1) is 0 Å². The molecule has 1 spiro atoms. The van der Waals surface area contributed by atoms with Gasteiger partial charge in [-0.25, -0.2) is 0 Å². The Morgan fingerprint density at radius 2 is 1.60 bits per heavy atom. The molecular weight excluding hydrogens is 184 g/mol. The number of rotatable bonds is 1. The smallest absolute Gasteiger partial charge is 0.0230 e. The SMILES string of the molecule is CC(C)N1CCC2(CCCCN2C)CC1. The molecule has 2 heteroatoms. The molecular formula is C13H26N2. The summed E-state index contributed by atoms with van der Waals surface area (Å²) in [7, 11) is 2.34. The van der Waals surface area contributed by atoms with E-state index in [2.05, 4.69) is 30.7 Å². The van der Waals surface area contributed by atoms with E-state index in [-0.39, 0.29) is 0 Å². The van der Waals surface area contributed by atoms with Crippen LogP contribution in [0.3, 0.4) is 0 Å². The number of nitrogens with zero attached hydrogens (tertiary/aromatic N) is 2. The van der Waals surface area contributed by atoms with Gasteiger partial charge in [0.1, 0.15) is 0 Å². The van der Waals surface area contributed by atoms with Gasteiger partial charge in [-0.2, -0.15) is 0 Å². The van der Waals surface area contributed by atoms with Crippen LogP contribution in [0.1, 0.15) is 46.0 Å². The number of piperidine rings is 2. The summed E-state index contributed by atoms with van der Waals surface area (Å²) in [6, 6.07) is 0.733. The lowest BCUT2D eigenvalue weighted by atomic mass is 9.79. The molecule has 0 unspecified atom stereocenters. The Labute approximate surface area is 94.6 Å². The van der Waals surface area contributed by atoms with Gasteiger partial charge in [-0.05, 0) is 53.1 Å². The molecule has 0 radical (unpaired) electrons. The van der Waals surface area contributed by atoms with Gasteiger partial charge >= 0.3 is 0 Å². The molecule has 2 nitrogen and oxygen atoms in total. The van der Waals surface area contributed by atoms with Crippen LogP contribution in [-0.4, -0.2) is 48.1 Å². The van der Waals surface area contributed by atoms with E-state index in [9.17, 15) is 0 Å². The summed E-state index contributed by atoms with van der Waals surface area (Å²) in [4.78, 5) is 5.28. The molecule has 0 aromatic carbocycles. The van der Waals surface area contributed by atoms with Crippen molar-refractivity contribution in [2.75, 3.05) is 26.7 Å². The van der Waals surface area contributed by atoms with Gasteiger partial charge in [0.15, 0.2) is 0 Å². The Balaban J connectivity index is 1.95. The molecule has 2 aliphatic heterocycles.